The number of likely N-dealkylation sites (tertiary alicyclic amines) is 1. The third-order valence-corrected chi connectivity index (χ3v) is 5.75. The fraction of sp³-hybridized carbons (Fsp3) is 0.667. The summed E-state index contributed by atoms with van der Waals surface area (Å²) in [6.45, 7) is 4.43. The predicted molar refractivity (Wildman–Crippen MR) is 104 cm³/mol. The van der Waals surface area contributed by atoms with Crippen LogP contribution in [0.15, 0.2) is 24.3 Å². The van der Waals surface area contributed by atoms with Crippen molar-refractivity contribution >= 4 is 5.91 Å². The summed E-state index contributed by atoms with van der Waals surface area (Å²) in [5.41, 5.74) is 1.26. The van der Waals surface area contributed by atoms with Crippen LogP contribution in [0.2, 0.25) is 0 Å². The molecule has 3 rings (SSSR count). The van der Waals surface area contributed by atoms with E-state index in [0.717, 1.165) is 51.3 Å². The molecule has 1 aromatic rings. The number of carbonyl (C=O) groups is 1. The summed E-state index contributed by atoms with van der Waals surface area (Å²) in [5, 5.41) is 0. The van der Waals surface area contributed by atoms with E-state index < -0.39 is 0 Å². The Hall–Kier alpha value is -1.63. The van der Waals surface area contributed by atoms with E-state index in [1.807, 2.05) is 12.1 Å². The maximum atomic E-state index is 11.8. The van der Waals surface area contributed by atoms with Gasteiger partial charge in [-0.1, -0.05) is 12.1 Å². The van der Waals surface area contributed by atoms with Crippen LogP contribution >= 0.6 is 0 Å². The van der Waals surface area contributed by atoms with Crippen molar-refractivity contribution in [1.29, 1.82) is 0 Å². The molecule has 0 aromatic heterocycles. The quantitative estimate of drug-likeness (QED) is 0.730. The largest absolute Gasteiger partial charge is 0.497 e. The zero-order valence-electron chi connectivity index (χ0n) is 16.8. The minimum Gasteiger partial charge on any atom is -0.497 e. The molecule has 0 saturated carbocycles. The number of amides is 1. The molecule has 1 aromatic carbocycles. The third kappa shape index (κ3) is 5.00. The molecule has 27 heavy (non-hydrogen) atoms. The number of benzene rings is 1. The SMILES string of the molecule is COc1ccc(CN2CC[C@@H]3OCCC[C@@]3(COCC(=O)N(C)C)C2)cc1. The van der Waals surface area contributed by atoms with Crippen molar-refractivity contribution in [3.8, 4) is 5.75 Å². The van der Waals surface area contributed by atoms with Crippen LogP contribution in [0.3, 0.4) is 0 Å². The smallest absolute Gasteiger partial charge is 0.248 e. The fourth-order valence-corrected chi connectivity index (χ4v) is 4.19. The number of carbonyl (C=O) groups excluding carboxylic acids is 1. The normalized spacial score (nSPS) is 25.7. The lowest BCUT2D eigenvalue weighted by Gasteiger charge is -2.50. The zero-order valence-corrected chi connectivity index (χ0v) is 16.8. The van der Waals surface area contributed by atoms with Crippen LogP contribution in [-0.2, 0) is 20.8 Å². The highest BCUT2D eigenvalue weighted by Gasteiger charge is 2.46. The van der Waals surface area contributed by atoms with Gasteiger partial charge in [-0.05, 0) is 37.0 Å². The number of ether oxygens (including phenoxy) is 3. The summed E-state index contributed by atoms with van der Waals surface area (Å²) in [4.78, 5) is 15.9. The van der Waals surface area contributed by atoms with E-state index in [1.54, 1.807) is 26.1 Å². The molecule has 2 aliphatic rings. The molecule has 0 unspecified atom stereocenters. The van der Waals surface area contributed by atoms with E-state index in [-0.39, 0.29) is 24.0 Å². The van der Waals surface area contributed by atoms with Crippen molar-refractivity contribution in [2.75, 3.05) is 54.1 Å². The summed E-state index contributed by atoms with van der Waals surface area (Å²) in [7, 11) is 5.20. The van der Waals surface area contributed by atoms with Gasteiger partial charge in [0.15, 0.2) is 0 Å². The number of fused-ring (bicyclic) bond motifs is 1. The molecule has 6 heteroatoms. The maximum Gasteiger partial charge on any atom is 0.248 e. The molecule has 0 spiro atoms. The fourth-order valence-electron chi connectivity index (χ4n) is 4.19. The van der Waals surface area contributed by atoms with Gasteiger partial charge < -0.3 is 19.1 Å². The molecule has 2 aliphatic heterocycles. The summed E-state index contributed by atoms with van der Waals surface area (Å²) in [6.07, 6.45) is 3.39. The van der Waals surface area contributed by atoms with Gasteiger partial charge >= 0.3 is 0 Å². The number of hydrogen-bond donors (Lipinski definition) is 0. The molecular weight excluding hydrogens is 344 g/mol. The first kappa shape index (κ1) is 20.1. The number of hydrogen-bond acceptors (Lipinski definition) is 5. The Bertz CT molecular complexity index is 619. The van der Waals surface area contributed by atoms with Gasteiger partial charge in [0.25, 0.3) is 0 Å². The van der Waals surface area contributed by atoms with Crippen molar-refractivity contribution in [1.82, 2.24) is 9.80 Å². The van der Waals surface area contributed by atoms with Crippen LogP contribution in [0, 0.1) is 5.41 Å². The van der Waals surface area contributed by atoms with Gasteiger partial charge in [0.2, 0.25) is 5.91 Å². The van der Waals surface area contributed by atoms with Crippen LogP contribution < -0.4 is 4.74 Å². The Morgan fingerprint density at radius 3 is 2.81 bits per heavy atom. The predicted octanol–water partition coefficient (Wildman–Crippen LogP) is 2.17. The van der Waals surface area contributed by atoms with Crippen LogP contribution in [0.25, 0.3) is 0 Å². The van der Waals surface area contributed by atoms with Crippen molar-refractivity contribution < 1.29 is 19.0 Å². The van der Waals surface area contributed by atoms with E-state index in [2.05, 4.69) is 17.0 Å². The summed E-state index contributed by atoms with van der Waals surface area (Å²) < 4.78 is 17.2. The monoisotopic (exact) mass is 376 g/mol. The first-order valence-corrected chi connectivity index (χ1v) is 9.77. The number of nitrogens with zero attached hydrogens (tertiary/aromatic N) is 2. The van der Waals surface area contributed by atoms with Crippen molar-refractivity contribution in [2.24, 2.45) is 5.41 Å². The van der Waals surface area contributed by atoms with Crippen molar-refractivity contribution in [2.45, 2.75) is 31.9 Å². The van der Waals surface area contributed by atoms with Crippen molar-refractivity contribution in [3.05, 3.63) is 29.8 Å². The Labute approximate surface area is 162 Å². The first-order chi connectivity index (χ1) is 13.0. The average molecular weight is 376 g/mol. The number of rotatable bonds is 7. The summed E-state index contributed by atoms with van der Waals surface area (Å²) >= 11 is 0. The van der Waals surface area contributed by atoms with Crippen LogP contribution in [0.4, 0.5) is 0 Å². The summed E-state index contributed by atoms with van der Waals surface area (Å²) in [5.74, 6) is 0.888. The Morgan fingerprint density at radius 2 is 2.11 bits per heavy atom. The highest BCUT2D eigenvalue weighted by molar-refractivity contribution is 5.76. The highest BCUT2D eigenvalue weighted by Crippen LogP contribution is 2.40. The molecule has 1 amide bonds. The number of methoxy groups -OCH3 is 1. The van der Waals surface area contributed by atoms with E-state index in [9.17, 15) is 4.79 Å². The molecule has 2 heterocycles. The molecule has 0 N–H and O–H groups in total. The Kier molecular flexibility index (Phi) is 6.73. The highest BCUT2D eigenvalue weighted by atomic mass is 16.5. The van der Waals surface area contributed by atoms with Gasteiger partial charge in [0.05, 0.1) is 19.8 Å². The third-order valence-electron chi connectivity index (χ3n) is 5.75. The number of likely N-dealkylation sites (N-methyl/N-ethyl adjacent to an activating group) is 1. The molecule has 150 valence electrons. The van der Waals surface area contributed by atoms with Gasteiger partial charge in [-0.3, -0.25) is 9.69 Å². The van der Waals surface area contributed by atoms with E-state index >= 15 is 0 Å². The lowest BCUT2D eigenvalue weighted by atomic mass is 9.73. The second-order valence-corrected chi connectivity index (χ2v) is 7.95. The zero-order chi connectivity index (χ0) is 19.3. The molecule has 0 bridgehead atoms. The van der Waals surface area contributed by atoms with Gasteiger partial charge in [0, 0.05) is 45.8 Å². The molecule has 2 fully saturated rings. The maximum absolute atomic E-state index is 11.8. The molecule has 2 saturated heterocycles. The second kappa shape index (κ2) is 9.04. The molecule has 2 atom stereocenters. The second-order valence-electron chi connectivity index (χ2n) is 7.95. The Balaban J connectivity index is 1.62. The van der Waals surface area contributed by atoms with Gasteiger partial charge in [-0.25, -0.2) is 0 Å². The van der Waals surface area contributed by atoms with Gasteiger partial charge in [0.1, 0.15) is 12.4 Å². The van der Waals surface area contributed by atoms with E-state index in [0.29, 0.717) is 6.61 Å². The minimum atomic E-state index is -0.0183. The summed E-state index contributed by atoms with van der Waals surface area (Å²) in [6, 6.07) is 8.28. The molecule has 0 aliphatic carbocycles. The van der Waals surface area contributed by atoms with Gasteiger partial charge in [-0.2, -0.15) is 0 Å². The average Bonchev–Trinajstić information content (AvgIpc) is 2.68. The lowest BCUT2D eigenvalue weighted by Crippen LogP contribution is -2.56. The van der Waals surface area contributed by atoms with E-state index in [1.165, 1.54) is 5.56 Å². The Morgan fingerprint density at radius 1 is 1.33 bits per heavy atom. The topological polar surface area (TPSA) is 51.2 Å². The first-order valence-electron chi connectivity index (χ1n) is 9.77. The lowest BCUT2D eigenvalue weighted by molar-refractivity contribution is -0.160. The van der Waals surface area contributed by atoms with Crippen molar-refractivity contribution in [3.63, 3.8) is 0 Å². The molecule has 0 radical (unpaired) electrons. The van der Waals surface area contributed by atoms with Crippen LogP contribution in [0.1, 0.15) is 24.8 Å². The van der Waals surface area contributed by atoms with E-state index in [4.69, 9.17) is 14.2 Å². The molecular formula is C21H32N2O4. The minimum absolute atomic E-state index is 0.00516. The standard InChI is InChI=1S/C21H32N2O4/c1-22(2)20(24)14-26-16-21-10-4-12-27-19(21)9-11-23(15-21)13-17-5-7-18(25-3)8-6-17/h5-8,19H,4,9-16H2,1-3H3/t19-,21-/m0/s1. The molecule has 6 nitrogen and oxygen atoms in total. The van der Waals surface area contributed by atoms with Gasteiger partial charge in [-0.15, -0.1) is 0 Å². The number of piperidine rings is 1. The van der Waals surface area contributed by atoms with Crippen LogP contribution in [0.5, 0.6) is 5.75 Å². The van der Waals surface area contributed by atoms with Crippen LogP contribution in [-0.4, -0.2) is 75.9 Å².